The van der Waals surface area contributed by atoms with Crippen LogP contribution >= 0.6 is 0 Å². The molecule has 0 saturated heterocycles. The molecule has 4 atom stereocenters. The van der Waals surface area contributed by atoms with E-state index in [2.05, 4.69) is 26.8 Å². The molecular weight excluding hydrogens is 224 g/mol. The summed E-state index contributed by atoms with van der Waals surface area (Å²) in [5, 5.41) is 18.5. The standard InChI is InChI=1S/C10H18O.C6H12O/c1-7-8-4-5-9(2,6-8)10(7,3)11;1-2-3-4-5-6-7/h7-8,11H,4-6H2,1-3H3;3-4,7H,2,5-6H2,1H3/b;4-3-. The first-order valence-electron chi connectivity index (χ1n) is 7.37. The number of aliphatic hydroxyl groups is 2. The van der Waals surface area contributed by atoms with Crippen LogP contribution in [-0.4, -0.2) is 22.4 Å². The van der Waals surface area contributed by atoms with Crippen molar-refractivity contribution in [2.24, 2.45) is 17.3 Å². The van der Waals surface area contributed by atoms with Crippen molar-refractivity contribution in [2.75, 3.05) is 6.61 Å². The maximum atomic E-state index is 10.2. The first kappa shape index (κ1) is 15.7. The quantitative estimate of drug-likeness (QED) is 0.756. The van der Waals surface area contributed by atoms with E-state index in [1.54, 1.807) is 0 Å². The normalized spacial score (nSPS) is 42.1. The fraction of sp³-hybridized carbons (Fsp3) is 0.875. The third-order valence-corrected chi connectivity index (χ3v) is 5.29. The molecule has 2 aliphatic rings. The van der Waals surface area contributed by atoms with E-state index in [4.69, 9.17) is 5.11 Å². The maximum absolute atomic E-state index is 10.2. The van der Waals surface area contributed by atoms with Gasteiger partial charge in [0.25, 0.3) is 0 Å². The van der Waals surface area contributed by atoms with Crippen molar-refractivity contribution < 1.29 is 10.2 Å². The van der Waals surface area contributed by atoms with Gasteiger partial charge in [-0.3, -0.25) is 0 Å². The van der Waals surface area contributed by atoms with E-state index in [1.165, 1.54) is 19.3 Å². The van der Waals surface area contributed by atoms with Crippen molar-refractivity contribution in [3.8, 4) is 0 Å². The Hall–Kier alpha value is -0.340. The van der Waals surface area contributed by atoms with Gasteiger partial charge < -0.3 is 10.2 Å². The zero-order valence-corrected chi connectivity index (χ0v) is 12.4. The third kappa shape index (κ3) is 2.97. The van der Waals surface area contributed by atoms with Crippen LogP contribution in [0.3, 0.4) is 0 Å². The molecule has 0 aliphatic heterocycles. The molecule has 0 heterocycles. The number of hydrogen-bond acceptors (Lipinski definition) is 2. The van der Waals surface area contributed by atoms with E-state index in [1.807, 2.05) is 13.0 Å². The Morgan fingerprint density at radius 1 is 1.28 bits per heavy atom. The summed E-state index contributed by atoms with van der Waals surface area (Å²) >= 11 is 0. The van der Waals surface area contributed by atoms with Crippen molar-refractivity contribution in [3.63, 3.8) is 0 Å². The average Bonchev–Trinajstić information content (AvgIpc) is 2.79. The van der Waals surface area contributed by atoms with Gasteiger partial charge in [-0.05, 0) is 56.3 Å². The number of fused-ring (bicyclic) bond motifs is 2. The summed E-state index contributed by atoms with van der Waals surface area (Å²) in [4.78, 5) is 0. The average molecular weight is 254 g/mol. The molecule has 0 aromatic rings. The van der Waals surface area contributed by atoms with Gasteiger partial charge >= 0.3 is 0 Å². The van der Waals surface area contributed by atoms with Gasteiger partial charge in [-0.15, -0.1) is 0 Å². The smallest absolute Gasteiger partial charge is 0.0701 e. The lowest BCUT2D eigenvalue weighted by Crippen LogP contribution is -2.45. The van der Waals surface area contributed by atoms with Gasteiger partial charge in [-0.2, -0.15) is 0 Å². The summed E-state index contributed by atoms with van der Waals surface area (Å²) in [6.07, 6.45) is 9.73. The van der Waals surface area contributed by atoms with Crippen LogP contribution in [0.5, 0.6) is 0 Å². The highest BCUT2D eigenvalue weighted by Gasteiger charge is 2.59. The van der Waals surface area contributed by atoms with Gasteiger partial charge in [-0.25, -0.2) is 0 Å². The SMILES string of the molecule is CC/C=C\CCO.CC1C2CCC(C)(C2)C1(C)O. The number of aliphatic hydroxyl groups excluding tert-OH is 1. The molecule has 2 bridgehead atoms. The minimum Gasteiger partial charge on any atom is -0.396 e. The molecule has 2 nitrogen and oxygen atoms in total. The molecule has 0 aromatic heterocycles. The molecule has 0 spiro atoms. The van der Waals surface area contributed by atoms with Gasteiger partial charge in [0.05, 0.1) is 5.60 Å². The third-order valence-electron chi connectivity index (χ3n) is 5.29. The summed E-state index contributed by atoms with van der Waals surface area (Å²) < 4.78 is 0. The molecule has 2 fully saturated rings. The molecule has 2 N–H and O–H groups in total. The summed E-state index contributed by atoms with van der Waals surface area (Å²) in [5.74, 6) is 1.32. The second-order valence-electron chi connectivity index (χ2n) is 6.39. The highest BCUT2D eigenvalue weighted by Crippen LogP contribution is 2.61. The number of rotatable bonds is 3. The van der Waals surface area contributed by atoms with E-state index in [0.29, 0.717) is 5.92 Å². The highest BCUT2D eigenvalue weighted by molar-refractivity contribution is 5.10. The Labute approximate surface area is 112 Å². The van der Waals surface area contributed by atoms with Gasteiger partial charge in [-0.1, -0.05) is 32.9 Å². The topological polar surface area (TPSA) is 40.5 Å². The predicted octanol–water partition coefficient (Wildman–Crippen LogP) is 3.53. The first-order chi connectivity index (χ1) is 8.39. The maximum Gasteiger partial charge on any atom is 0.0701 e. The summed E-state index contributed by atoms with van der Waals surface area (Å²) in [6.45, 7) is 8.83. The monoisotopic (exact) mass is 254 g/mol. The van der Waals surface area contributed by atoms with Crippen LogP contribution in [0.4, 0.5) is 0 Å². The van der Waals surface area contributed by atoms with Crippen LogP contribution in [0, 0.1) is 17.3 Å². The van der Waals surface area contributed by atoms with E-state index in [0.717, 1.165) is 18.8 Å². The summed E-state index contributed by atoms with van der Waals surface area (Å²) in [5.41, 5.74) is -0.160. The molecule has 4 unspecified atom stereocenters. The second-order valence-corrected chi connectivity index (χ2v) is 6.39. The molecule has 18 heavy (non-hydrogen) atoms. The molecule has 2 heteroatoms. The minimum atomic E-state index is -0.393. The molecule has 0 radical (unpaired) electrons. The number of allylic oxidation sites excluding steroid dienone is 1. The Morgan fingerprint density at radius 2 is 1.94 bits per heavy atom. The van der Waals surface area contributed by atoms with Crippen LogP contribution < -0.4 is 0 Å². The lowest BCUT2D eigenvalue weighted by molar-refractivity contribution is -0.0822. The largest absolute Gasteiger partial charge is 0.396 e. The minimum absolute atomic E-state index is 0.233. The van der Waals surface area contributed by atoms with Crippen molar-refractivity contribution in [1.82, 2.24) is 0 Å². The Kier molecular flexibility index (Phi) is 5.42. The summed E-state index contributed by atoms with van der Waals surface area (Å²) in [7, 11) is 0. The van der Waals surface area contributed by atoms with Crippen LogP contribution in [0.15, 0.2) is 12.2 Å². The van der Waals surface area contributed by atoms with Gasteiger partial charge in [0.1, 0.15) is 0 Å². The Balaban J connectivity index is 0.000000203. The molecular formula is C16H30O2. The predicted molar refractivity (Wildman–Crippen MR) is 76.4 cm³/mol. The van der Waals surface area contributed by atoms with Crippen molar-refractivity contribution in [3.05, 3.63) is 12.2 Å². The first-order valence-corrected chi connectivity index (χ1v) is 7.37. The molecule has 2 rings (SSSR count). The van der Waals surface area contributed by atoms with Crippen LogP contribution in [0.25, 0.3) is 0 Å². The highest BCUT2D eigenvalue weighted by atomic mass is 16.3. The van der Waals surface area contributed by atoms with Crippen molar-refractivity contribution in [1.29, 1.82) is 0 Å². The fourth-order valence-corrected chi connectivity index (χ4v) is 3.54. The fourth-order valence-electron chi connectivity index (χ4n) is 3.54. The molecule has 2 aliphatic carbocycles. The van der Waals surface area contributed by atoms with E-state index in [-0.39, 0.29) is 12.0 Å². The number of hydrogen-bond donors (Lipinski definition) is 2. The van der Waals surface area contributed by atoms with Gasteiger partial charge in [0, 0.05) is 6.61 Å². The molecule has 106 valence electrons. The van der Waals surface area contributed by atoms with Crippen LogP contribution in [-0.2, 0) is 0 Å². The van der Waals surface area contributed by atoms with Crippen molar-refractivity contribution >= 4 is 0 Å². The van der Waals surface area contributed by atoms with Gasteiger partial charge in [0.2, 0.25) is 0 Å². The summed E-state index contributed by atoms with van der Waals surface area (Å²) in [6, 6.07) is 0. The van der Waals surface area contributed by atoms with Crippen LogP contribution in [0.2, 0.25) is 0 Å². The van der Waals surface area contributed by atoms with Crippen molar-refractivity contribution in [2.45, 2.75) is 65.4 Å². The van der Waals surface area contributed by atoms with E-state index >= 15 is 0 Å². The van der Waals surface area contributed by atoms with E-state index < -0.39 is 5.60 Å². The molecule has 0 aromatic carbocycles. The zero-order valence-electron chi connectivity index (χ0n) is 12.4. The van der Waals surface area contributed by atoms with Gasteiger partial charge in [0.15, 0.2) is 0 Å². The Bertz CT molecular complexity index is 280. The molecule has 0 amide bonds. The lowest BCUT2D eigenvalue weighted by atomic mass is 9.69. The van der Waals surface area contributed by atoms with E-state index in [9.17, 15) is 5.11 Å². The second kappa shape index (κ2) is 6.21. The zero-order chi connectivity index (χ0) is 13.8. The lowest BCUT2D eigenvalue weighted by Gasteiger charge is -2.41. The van der Waals surface area contributed by atoms with Crippen LogP contribution in [0.1, 0.15) is 59.8 Å². The Morgan fingerprint density at radius 3 is 2.28 bits per heavy atom. The molecule has 2 saturated carbocycles.